The number of aliphatic hydroxyl groups is 4. The fourth-order valence-corrected chi connectivity index (χ4v) is 9.45. The Morgan fingerprint density at radius 2 is 1.94 bits per heavy atom. The van der Waals surface area contributed by atoms with E-state index in [4.69, 9.17) is 0 Å². The molecule has 7 heteroatoms. The van der Waals surface area contributed by atoms with Gasteiger partial charge in [-0.25, -0.2) is 0 Å². The zero-order chi connectivity index (χ0) is 37.0. The maximum Gasteiger partial charge on any atom is 0.145 e. The van der Waals surface area contributed by atoms with Gasteiger partial charge in [0, 0.05) is 30.4 Å². The number of likely N-dealkylation sites (N-methyl/N-ethyl adjacent to an activating group) is 1. The number of carbonyl (C=O) groups excluding carboxylic acids is 1. The molecule has 1 aromatic rings. The summed E-state index contributed by atoms with van der Waals surface area (Å²) in [6, 6.07) is 10.1. The Bertz CT molecular complexity index is 1460. The van der Waals surface area contributed by atoms with Crippen molar-refractivity contribution in [3.63, 3.8) is 0 Å². The van der Waals surface area contributed by atoms with Gasteiger partial charge in [-0.3, -0.25) is 4.79 Å². The van der Waals surface area contributed by atoms with Gasteiger partial charge in [0.1, 0.15) is 6.29 Å². The van der Waals surface area contributed by atoms with Gasteiger partial charge >= 0.3 is 0 Å². The van der Waals surface area contributed by atoms with Gasteiger partial charge in [0.25, 0.3) is 0 Å². The van der Waals surface area contributed by atoms with E-state index in [1.54, 1.807) is 0 Å². The number of aldehydes is 1. The van der Waals surface area contributed by atoms with Crippen molar-refractivity contribution >= 4 is 6.29 Å². The summed E-state index contributed by atoms with van der Waals surface area (Å²) < 4.78 is 0. The Hall–Kier alpha value is -2.91. The van der Waals surface area contributed by atoms with Crippen LogP contribution >= 0.6 is 0 Å². The summed E-state index contributed by atoms with van der Waals surface area (Å²) in [5.41, 5.74) is 3.63. The van der Waals surface area contributed by atoms with Crippen molar-refractivity contribution < 1.29 is 25.2 Å². The molecule has 51 heavy (non-hydrogen) atoms. The van der Waals surface area contributed by atoms with Crippen LogP contribution in [0.4, 0.5) is 0 Å². The Morgan fingerprint density at radius 1 is 1.18 bits per heavy atom. The van der Waals surface area contributed by atoms with E-state index >= 15 is 0 Å². The summed E-state index contributed by atoms with van der Waals surface area (Å²) in [5.74, 6) is -0.972. The molecule has 3 aliphatic rings. The Morgan fingerprint density at radius 3 is 2.63 bits per heavy atom. The van der Waals surface area contributed by atoms with Crippen LogP contribution in [0, 0.1) is 29.1 Å². The second kappa shape index (κ2) is 19.2. The van der Waals surface area contributed by atoms with Crippen molar-refractivity contribution in [2.24, 2.45) is 29.1 Å². The summed E-state index contributed by atoms with van der Waals surface area (Å²) in [6.45, 7) is 12.7. The highest BCUT2D eigenvalue weighted by Crippen LogP contribution is 2.67. The first kappa shape index (κ1) is 40.9. The molecular weight excluding hydrogens is 636 g/mol. The van der Waals surface area contributed by atoms with E-state index in [0.29, 0.717) is 57.1 Å². The van der Waals surface area contributed by atoms with Crippen LogP contribution in [-0.2, 0) is 11.2 Å². The number of hydrogen-bond donors (Lipinski definition) is 6. The monoisotopic (exact) mass is 700 g/mol. The van der Waals surface area contributed by atoms with Crippen LogP contribution in [0.5, 0.6) is 0 Å². The fourth-order valence-electron chi connectivity index (χ4n) is 9.45. The molecule has 0 amide bonds. The minimum absolute atomic E-state index is 0.0306. The van der Waals surface area contributed by atoms with E-state index in [-0.39, 0.29) is 24.4 Å². The van der Waals surface area contributed by atoms with Crippen molar-refractivity contribution in [3.8, 4) is 0 Å². The van der Waals surface area contributed by atoms with Gasteiger partial charge in [-0.15, -0.1) is 0 Å². The standard InChI is InChI=1S/C44H64N2O5/c1-6-46-29-32(3)14-10-12-31(2)13-11-17-37(39(49)21-18-34-15-8-7-9-16-34)38-22-24-44(42(38)50)41-35(23-27-47)19-20-36(40(41)33(4)30-48)28-43(44,51)25-26-45-5/h7-9,11,13-17,19-20,30,35-36,38-39,41-42,45-47,49-51H,2,6,10,12,18,21-29H2,1,3-5H3/b13-11+,32-14+,37-17+,40-33?/t35-,36-,38-,39+,41-,42+,43+,44+/m0/s1. The lowest BCUT2D eigenvalue weighted by Gasteiger charge is -2.61. The van der Waals surface area contributed by atoms with E-state index in [2.05, 4.69) is 61.4 Å². The molecule has 0 unspecified atom stereocenters. The highest BCUT2D eigenvalue weighted by molar-refractivity contribution is 5.74. The van der Waals surface area contributed by atoms with Gasteiger partial charge in [-0.2, -0.15) is 0 Å². The number of aryl methyl sites for hydroxylation is 1. The van der Waals surface area contributed by atoms with Crippen LogP contribution in [0.3, 0.4) is 0 Å². The molecule has 0 aromatic heterocycles. The van der Waals surface area contributed by atoms with E-state index in [1.165, 1.54) is 5.57 Å². The lowest BCUT2D eigenvalue weighted by atomic mass is 9.45. The first-order valence-corrected chi connectivity index (χ1v) is 19.2. The number of rotatable bonds is 19. The molecule has 2 fully saturated rings. The van der Waals surface area contributed by atoms with Gasteiger partial charge in [-0.1, -0.05) is 97.0 Å². The van der Waals surface area contributed by atoms with Crippen LogP contribution in [0.2, 0.25) is 0 Å². The average molecular weight is 701 g/mol. The predicted molar refractivity (Wildman–Crippen MR) is 208 cm³/mol. The summed E-state index contributed by atoms with van der Waals surface area (Å²) in [4.78, 5) is 12.4. The molecule has 0 aliphatic heterocycles. The van der Waals surface area contributed by atoms with Crippen LogP contribution in [0.15, 0.2) is 101 Å². The van der Waals surface area contributed by atoms with E-state index < -0.39 is 29.1 Å². The number of allylic oxidation sites excluding steroid dienone is 9. The van der Waals surface area contributed by atoms with E-state index in [0.717, 1.165) is 54.5 Å². The first-order chi connectivity index (χ1) is 24.6. The second-order valence-corrected chi connectivity index (χ2v) is 15.2. The number of nitrogens with one attached hydrogen (secondary N) is 2. The summed E-state index contributed by atoms with van der Waals surface area (Å²) in [5, 5.41) is 54.4. The number of hydrogen-bond acceptors (Lipinski definition) is 7. The maximum atomic E-state index is 12.9. The zero-order valence-corrected chi connectivity index (χ0v) is 31.5. The quantitative estimate of drug-likeness (QED) is 0.0442. The van der Waals surface area contributed by atoms with E-state index in [1.807, 2.05) is 50.4 Å². The van der Waals surface area contributed by atoms with Crippen molar-refractivity contribution in [3.05, 3.63) is 107 Å². The second-order valence-electron chi connectivity index (χ2n) is 15.2. The molecule has 280 valence electrons. The van der Waals surface area contributed by atoms with Gasteiger partial charge in [-0.05, 0) is 120 Å². The minimum atomic E-state index is -1.23. The molecule has 0 radical (unpaired) electrons. The molecule has 0 saturated heterocycles. The largest absolute Gasteiger partial charge is 0.396 e. The van der Waals surface area contributed by atoms with Crippen LogP contribution in [0.25, 0.3) is 0 Å². The summed E-state index contributed by atoms with van der Waals surface area (Å²) in [7, 11) is 1.87. The highest BCUT2D eigenvalue weighted by Gasteiger charge is 2.68. The Kier molecular flexibility index (Phi) is 15.4. The maximum absolute atomic E-state index is 12.9. The molecule has 8 atom stereocenters. The number of carbonyl (C=O) groups is 1. The fraction of sp³-hybridized carbons (Fsp3) is 0.568. The smallest absolute Gasteiger partial charge is 0.145 e. The van der Waals surface area contributed by atoms with Crippen molar-refractivity contribution in [1.82, 2.24) is 10.6 Å². The molecule has 0 heterocycles. The molecule has 1 spiro atoms. The number of fused-ring (bicyclic) bond motifs is 3. The van der Waals surface area contributed by atoms with Gasteiger partial charge in [0.2, 0.25) is 0 Å². The Balaban J connectivity index is 1.72. The van der Waals surface area contributed by atoms with E-state index in [9.17, 15) is 25.2 Å². The molecular formula is C44H64N2O5. The van der Waals surface area contributed by atoms with Crippen LogP contribution in [0.1, 0.15) is 77.7 Å². The molecule has 3 aliphatic carbocycles. The third kappa shape index (κ3) is 9.37. The third-order valence-electron chi connectivity index (χ3n) is 12.0. The molecule has 2 bridgehead atoms. The van der Waals surface area contributed by atoms with Gasteiger partial charge in [0.15, 0.2) is 0 Å². The average Bonchev–Trinajstić information content (AvgIpc) is 3.47. The number of aliphatic hydroxyl groups excluding tert-OH is 3. The van der Waals surface area contributed by atoms with Crippen molar-refractivity contribution in [2.75, 3.05) is 33.3 Å². The highest BCUT2D eigenvalue weighted by atomic mass is 16.3. The Labute approximate surface area is 307 Å². The summed E-state index contributed by atoms with van der Waals surface area (Å²) in [6.07, 6.45) is 16.9. The van der Waals surface area contributed by atoms with Crippen LogP contribution in [-0.4, -0.2) is 77.8 Å². The minimum Gasteiger partial charge on any atom is -0.396 e. The molecule has 6 N–H and O–H groups in total. The lowest BCUT2D eigenvalue weighted by Crippen LogP contribution is -2.65. The molecule has 1 aromatic carbocycles. The molecule has 2 saturated carbocycles. The normalized spacial score (nSPS) is 31.0. The lowest BCUT2D eigenvalue weighted by molar-refractivity contribution is -0.194. The SMILES string of the molecule is C=C(/C=C/C=C(/[C@H](O)CCc1ccccc1)[C@@H]1CC[C@]2([C@@H]1O)[C@@H]1C(=C(C)C=O)[C@@H](C=C[C@H]1CCO)C[C@]2(O)CCNC)CC/C=C(\C)CNCC. The third-order valence-corrected chi connectivity index (χ3v) is 12.0. The number of benzene rings is 1. The summed E-state index contributed by atoms with van der Waals surface area (Å²) >= 11 is 0. The predicted octanol–water partition coefficient (Wildman–Crippen LogP) is 6.17. The zero-order valence-electron chi connectivity index (χ0n) is 31.5. The van der Waals surface area contributed by atoms with Gasteiger partial charge in [0.05, 0.1) is 17.8 Å². The van der Waals surface area contributed by atoms with Gasteiger partial charge < -0.3 is 31.1 Å². The molecule has 7 nitrogen and oxygen atoms in total. The molecule has 4 rings (SSSR count). The van der Waals surface area contributed by atoms with Crippen molar-refractivity contribution in [2.45, 2.75) is 96.4 Å². The first-order valence-electron chi connectivity index (χ1n) is 19.2. The van der Waals surface area contributed by atoms with Crippen LogP contribution < -0.4 is 10.6 Å². The van der Waals surface area contributed by atoms with Crippen molar-refractivity contribution in [1.29, 1.82) is 0 Å². The topological polar surface area (TPSA) is 122 Å².